The van der Waals surface area contributed by atoms with Gasteiger partial charge in [-0.25, -0.2) is 0 Å². The number of hydrogen-bond donors (Lipinski definition) is 1. The summed E-state index contributed by atoms with van der Waals surface area (Å²) in [5, 5.41) is 3.17. The number of rotatable bonds is 2. The highest BCUT2D eigenvalue weighted by atomic mass is 16.1. The van der Waals surface area contributed by atoms with E-state index in [0.29, 0.717) is 23.2 Å². The first-order valence-electron chi connectivity index (χ1n) is 9.62. The van der Waals surface area contributed by atoms with Crippen LogP contribution in [0.5, 0.6) is 0 Å². The Labute approximate surface area is 139 Å². The molecular formula is C19H30N3O-. The van der Waals surface area contributed by atoms with Crippen LogP contribution in [0.15, 0.2) is 5.22 Å². The molecule has 4 aliphatic rings. The van der Waals surface area contributed by atoms with Gasteiger partial charge in [0.1, 0.15) is 5.78 Å². The number of fused-ring (bicyclic) bond motifs is 5. The van der Waals surface area contributed by atoms with E-state index in [4.69, 9.17) is 5.53 Å². The number of ketones is 1. The van der Waals surface area contributed by atoms with Crippen molar-refractivity contribution in [1.82, 2.24) is 5.43 Å². The SMILES string of the molecule is C[C@]12CC[C@@H](NN=[N-])C[C@@H]1CC[C@@H]1[C@H]3CCC(=O)[C@@]3(C)CC[C@@H]12. The monoisotopic (exact) mass is 316 g/mol. The van der Waals surface area contributed by atoms with E-state index in [1.807, 2.05) is 0 Å². The fourth-order valence-corrected chi connectivity index (χ4v) is 7.23. The van der Waals surface area contributed by atoms with Crippen LogP contribution in [-0.4, -0.2) is 11.8 Å². The van der Waals surface area contributed by atoms with Gasteiger partial charge in [0.25, 0.3) is 0 Å². The van der Waals surface area contributed by atoms with Gasteiger partial charge in [-0.3, -0.25) is 10.0 Å². The van der Waals surface area contributed by atoms with Crippen LogP contribution in [0.3, 0.4) is 0 Å². The van der Waals surface area contributed by atoms with Crippen LogP contribution in [0.2, 0.25) is 0 Å². The molecule has 4 aliphatic carbocycles. The summed E-state index contributed by atoms with van der Waals surface area (Å²) < 4.78 is 0. The Morgan fingerprint density at radius 3 is 2.70 bits per heavy atom. The number of carbonyl (C=O) groups excluding carboxylic acids is 1. The lowest BCUT2D eigenvalue weighted by Gasteiger charge is -2.60. The fourth-order valence-electron chi connectivity index (χ4n) is 7.23. The van der Waals surface area contributed by atoms with Crippen molar-refractivity contribution in [3.63, 3.8) is 0 Å². The first-order valence-corrected chi connectivity index (χ1v) is 9.62. The van der Waals surface area contributed by atoms with Gasteiger partial charge < -0.3 is 11.0 Å². The molecule has 4 nitrogen and oxygen atoms in total. The topological polar surface area (TPSA) is 63.8 Å². The Kier molecular flexibility index (Phi) is 3.58. The van der Waals surface area contributed by atoms with E-state index in [1.54, 1.807) is 0 Å². The highest BCUT2D eigenvalue weighted by molar-refractivity contribution is 5.87. The second-order valence-corrected chi connectivity index (χ2v) is 9.28. The summed E-state index contributed by atoms with van der Waals surface area (Å²) in [6.45, 7) is 4.79. The van der Waals surface area contributed by atoms with Crippen LogP contribution in [0.1, 0.15) is 71.6 Å². The molecular weight excluding hydrogens is 286 g/mol. The number of nitrogens with zero attached hydrogens (tertiary/aromatic N) is 2. The summed E-state index contributed by atoms with van der Waals surface area (Å²) in [7, 11) is 0. The Morgan fingerprint density at radius 1 is 1.09 bits per heavy atom. The molecule has 0 unspecified atom stereocenters. The average Bonchev–Trinajstić information content (AvgIpc) is 2.84. The number of carbonyl (C=O) groups is 1. The van der Waals surface area contributed by atoms with Crippen molar-refractivity contribution < 1.29 is 4.79 Å². The van der Waals surface area contributed by atoms with Gasteiger partial charge in [-0.05, 0) is 86.5 Å². The molecule has 0 bridgehead atoms. The van der Waals surface area contributed by atoms with Crippen molar-refractivity contribution in [3.05, 3.63) is 5.53 Å². The maximum atomic E-state index is 12.4. The minimum absolute atomic E-state index is 0.00110. The molecule has 0 aromatic carbocycles. The van der Waals surface area contributed by atoms with Gasteiger partial charge in [0.15, 0.2) is 0 Å². The molecule has 128 valence electrons. The summed E-state index contributed by atoms with van der Waals surface area (Å²) in [6, 6.07) is 0.344. The highest BCUT2D eigenvalue weighted by Gasteiger charge is 2.59. The average molecular weight is 316 g/mol. The van der Waals surface area contributed by atoms with E-state index in [1.165, 1.54) is 25.7 Å². The predicted molar refractivity (Wildman–Crippen MR) is 89.4 cm³/mol. The number of hydrogen-bond acceptors (Lipinski definition) is 2. The minimum Gasteiger partial charge on any atom is -0.411 e. The molecule has 0 saturated heterocycles. The van der Waals surface area contributed by atoms with Crippen molar-refractivity contribution in [2.75, 3.05) is 0 Å². The van der Waals surface area contributed by atoms with Crippen molar-refractivity contribution in [1.29, 1.82) is 0 Å². The Hall–Kier alpha value is -0.930. The van der Waals surface area contributed by atoms with Gasteiger partial charge in [-0.1, -0.05) is 13.8 Å². The lowest BCUT2D eigenvalue weighted by Crippen LogP contribution is -2.54. The normalized spacial score (nSPS) is 52.3. The lowest BCUT2D eigenvalue weighted by atomic mass is 9.45. The molecule has 0 aromatic heterocycles. The zero-order valence-electron chi connectivity index (χ0n) is 14.6. The molecule has 0 aromatic rings. The van der Waals surface area contributed by atoms with Gasteiger partial charge in [0, 0.05) is 11.8 Å². The zero-order valence-corrected chi connectivity index (χ0v) is 14.6. The van der Waals surface area contributed by atoms with Gasteiger partial charge in [0.05, 0.1) is 0 Å². The quantitative estimate of drug-likeness (QED) is 0.602. The standard InChI is InChI=1S/C19H30N3O/c1-18-9-7-13(21-22-20)11-12(18)3-4-14-15-5-6-17(23)19(15,2)10-8-16(14)18/h12-16H,3-11H2,1-2H3,(H-,20,21)/q-1/t12-,13+,14+,15+,16-,18-,19-/m0/s1. The Balaban J connectivity index is 1.57. The summed E-state index contributed by atoms with van der Waals surface area (Å²) in [5.41, 5.74) is 12.1. The smallest absolute Gasteiger partial charge is 0.139 e. The predicted octanol–water partition coefficient (Wildman–Crippen LogP) is 4.49. The maximum absolute atomic E-state index is 12.4. The molecule has 0 radical (unpaired) electrons. The first-order chi connectivity index (χ1) is 11.0. The van der Waals surface area contributed by atoms with Crippen LogP contribution in [0.25, 0.3) is 5.53 Å². The van der Waals surface area contributed by atoms with E-state index >= 15 is 0 Å². The lowest BCUT2D eigenvalue weighted by molar-refractivity contribution is -0.139. The molecule has 4 heteroatoms. The van der Waals surface area contributed by atoms with E-state index < -0.39 is 0 Å². The Morgan fingerprint density at radius 2 is 1.91 bits per heavy atom. The molecule has 0 aliphatic heterocycles. The molecule has 4 saturated carbocycles. The largest absolute Gasteiger partial charge is 0.411 e. The first kappa shape index (κ1) is 15.6. The van der Waals surface area contributed by atoms with Crippen molar-refractivity contribution in [2.45, 2.75) is 77.7 Å². The molecule has 23 heavy (non-hydrogen) atoms. The molecule has 1 N–H and O–H groups in total. The summed E-state index contributed by atoms with van der Waals surface area (Å²) in [4.78, 5) is 12.4. The van der Waals surface area contributed by atoms with Crippen LogP contribution < -0.4 is 5.43 Å². The zero-order chi connectivity index (χ0) is 16.2. The van der Waals surface area contributed by atoms with E-state index in [9.17, 15) is 4.79 Å². The maximum Gasteiger partial charge on any atom is 0.139 e. The molecule has 0 amide bonds. The minimum atomic E-state index is -0.00110. The van der Waals surface area contributed by atoms with Crippen molar-refractivity contribution in [3.8, 4) is 0 Å². The Bertz CT molecular complexity index is 521. The van der Waals surface area contributed by atoms with Gasteiger partial charge in [-0.2, -0.15) is 0 Å². The van der Waals surface area contributed by atoms with Gasteiger partial charge >= 0.3 is 0 Å². The molecule has 4 fully saturated rings. The van der Waals surface area contributed by atoms with Crippen LogP contribution in [-0.2, 0) is 4.79 Å². The summed E-state index contributed by atoms with van der Waals surface area (Å²) >= 11 is 0. The van der Waals surface area contributed by atoms with Crippen LogP contribution >= 0.6 is 0 Å². The summed E-state index contributed by atoms with van der Waals surface area (Å²) in [6.07, 6.45) is 10.4. The summed E-state index contributed by atoms with van der Waals surface area (Å²) in [5.74, 6) is 3.52. The fraction of sp³-hybridized carbons (Fsp3) is 0.947. The van der Waals surface area contributed by atoms with E-state index in [2.05, 4.69) is 24.5 Å². The number of Topliss-reactive ketones (excluding diaryl/α,β-unsaturated/α-hetero) is 1. The van der Waals surface area contributed by atoms with E-state index in [-0.39, 0.29) is 5.41 Å². The van der Waals surface area contributed by atoms with E-state index in [0.717, 1.165) is 49.9 Å². The third-order valence-corrected chi connectivity index (χ3v) is 8.62. The third kappa shape index (κ3) is 2.12. The highest BCUT2D eigenvalue weighted by Crippen LogP contribution is 2.65. The molecule has 0 heterocycles. The van der Waals surface area contributed by atoms with Crippen molar-refractivity contribution in [2.24, 2.45) is 39.7 Å². The van der Waals surface area contributed by atoms with Gasteiger partial charge in [-0.15, -0.1) is 0 Å². The molecule has 7 atom stereocenters. The molecule has 0 spiro atoms. The number of nitrogens with one attached hydrogen (secondary N) is 1. The molecule has 4 rings (SSSR count). The third-order valence-electron chi connectivity index (χ3n) is 8.62. The van der Waals surface area contributed by atoms with Crippen LogP contribution in [0, 0.1) is 34.5 Å². The second-order valence-electron chi connectivity index (χ2n) is 9.28. The van der Waals surface area contributed by atoms with Crippen molar-refractivity contribution >= 4 is 5.78 Å². The van der Waals surface area contributed by atoms with Crippen LogP contribution in [0.4, 0.5) is 0 Å². The van der Waals surface area contributed by atoms with Gasteiger partial charge in [0.2, 0.25) is 0 Å². The second kappa shape index (κ2) is 5.29.